The second kappa shape index (κ2) is 8.62. The molecule has 4 aromatic rings. The van der Waals surface area contributed by atoms with Crippen LogP contribution < -0.4 is 14.8 Å². The van der Waals surface area contributed by atoms with Crippen LogP contribution in [0.15, 0.2) is 60.8 Å². The van der Waals surface area contributed by atoms with E-state index in [9.17, 15) is 4.79 Å². The standard InChI is InChI=1S/C29H26N2O4/c1-33-24-12-21-11-22-16-35-29(32)28(22)27(23(21)13-25(24)34-2)20-7-8-26(31-15-20)30-14-17-9-18-5-3-4-6-19(18)10-17/h3-8,11-13,15,17H,9-10,14,16H2,1-2H3,(H,30,31). The average Bonchev–Trinajstić information content (AvgIpc) is 3.48. The maximum absolute atomic E-state index is 12.7. The van der Waals surface area contributed by atoms with Gasteiger partial charge >= 0.3 is 5.97 Å². The Morgan fingerprint density at radius 2 is 1.69 bits per heavy atom. The van der Waals surface area contributed by atoms with E-state index in [4.69, 9.17) is 14.2 Å². The summed E-state index contributed by atoms with van der Waals surface area (Å²) in [6, 6.07) is 18.5. The summed E-state index contributed by atoms with van der Waals surface area (Å²) >= 11 is 0. The van der Waals surface area contributed by atoms with E-state index in [1.54, 1.807) is 14.2 Å². The van der Waals surface area contributed by atoms with Crippen molar-refractivity contribution >= 4 is 22.6 Å². The molecule has 176 valence electrons. The van der Waals surface area contributed by atoms with E-state index < -0.39 is 0 Å². The number of carbonyl (C=O) groups excluding carboxylic acids is 1. The van der Waals surface area contributed by atoms with E-state index in [1.165, 1.54) is 11.1 Å². The lowest BCUT2D eigenvalue weighted by Crippen LogP contribution is -2.15. The number of cyclic esters (lactones) is 1. The molecule has 2 aliphatic rings. The normalized spacial score (nSPS) is 14.5. The molecule has 1 aromatic heterocycles. The van der Waals surface area contributed by atoms with Gasteiger partial charge in [0.15, 0.2) is 11.5 Å². The van der Waals surface area contributed by atoms with Gasteiger partial charge in [0.05, 0.1) is 19.8 Å². The van der Waals surface area contributed by atoms with E-state index in [0.29, 0.717) is 23.0 Å². The highest BCUT2D eigenvalue weighted by Crippen LogP contribution is 2.42. The van der Waals surface area contributed by atoms with Gasteiger partial charge in [0, 0.05) is 29.4 Å². The molecule has 0 saturated carbocycles. The minimum Gasteiger partial charge on any atom is -0.493 e. The smallest absolute Gasteiger partial charge is 0.339 e. The van der Waals surface area contributed by atoms with E-state index in [-0.39, 0.29) is 12.6 Å². The molecule has 6 heteroatoms. The highest BCUT2D eigenvalue weighted by Gasteiger charge is 2.28. The molecule has 0 bridgehead atoms. The number of ether oxygens (including phenoxy) is 3. The summed E-state index contributed by atoms with van der Waals surface area (Å²) in [7, 11) is 3.22. The van der Waals surface area contributed by atoms with Crippen LogP contribution in [0.1, 0.15) is 27.0 Å². The number of fused-ring (bicyclic) bond motifs is 3. The number of methoxy groups -OCH3 is 2. The zero-order chi connectivity index (χ0) is 23.9. The Morgan fingerprint density at radius 1 is 0.943 bits per heavy atom. The van der Waals surface area contributed by atoms with Gasteiger partial charge in [-0.3, -0.25) is 0 Å². The Kier molecular flexibility index (Phi) is 5.29. The third-order valence-electron chi connectivity index (χ3n) is 7.05. The largest absolute Gasteiger partial charge is 0.493 e. The zero-order valence-corrected chi connectivity index (χ0v) is 19.8. The number of pyridine rings is 1. The molecule has 1 aliphatic carbocycles. The molecule has 0 amide bonds. The molecule has 0 spiro atoms. The minimum absolute atomic E-state index is 0.266. The number of aromatic nitrogens is 1. The molecule has 1 N–H and O–H groups in total. The first-order valence-corrected chi connectivity index (χ1v) is 11.8. The fraction of sp³-hybridized carbons (Fsp3) is 0.241. The van der Waals surface area contributed by atoms with Gasteiger partial charge in [-0.2, -0.15) is 0 Å². The number of nitrogens with one attached hydrogen (secondary N) is 1. The quantitative estimate of drug-likeness (QED) is 0.383. The van der Waals surface area contributed by atoms with Gasteiger partial charge in [-0.25, -0.2) is 9.78 Å². The van der Waals surface area contributed by atoms with Gasteiger partial charge in [0.1, 0.15) is 12.4 Å². The van der Waals surface area contributed by atoms with Crippen LogP contribution in [0, 0.1) is 5.92 Å². The molecular formula is C29H26N2O4. The first-order chi connectivity index (χ1) is 17.1. The van der Waals surface area contributed by atoms with Gasteiger partial charge in [0.2, 0.25) is 0 Å². The number of carbonyl (C=O) groups is 1. The summed E-state index contributed by atoms with van der Waals surface area (Å²) < 4.78 is 16.4. The predicted octanol–water partition coefficient (Wildman–Crippen LogP) is 5.42. The highest BCUT2D eigenvalue weighted by molar-refractivity contribution is 6.11. The first kappa shape index (κ1) is 21.5. The Hall–Kier alpha value is -4.06. The Morgan fingerprint density at radius 3 is 2.37 bits per heavy atom. The topological polar surface area (TPSA) is 69.7 Å². The van der Waals surface area contributed by atoms with Gasteiger partial charge in [-0.1, -0.05) is 24.3 Å². The molecule has 0 saturated heterocycles. The van der Waals surface area contributed by atoms with Crippen LogP contribution in [-0.2, 0) is 24.2 Å². The molecule has 0 radical (unpaired) electrons. The number of nitrogens with zero attached hydrogens (tertiary/aromatic N) is 1. The molecule has 0 unspecified atom stereocenters. The number of anilines is 1. The molecule has 0 atom stereocenters. The summed E-state index contributed by atoms with van der Waals surface area (Å²) in [5.74, 6) is 2.32. The predicted molar refractivity (Wildman–Crippen MR) is 135 cm³/mol. The molecular weight excluding hydrogens is 440 g/mol. The molecule has 2 heterocycles. The van der Waals surface area contributed by atoms with Crippen LogP contribution in [0.2, 0.25) is 0 Å². The SMILES string of the molecule is COc1cc2cc3c(c(-c4ccc(NCC5Cc6ccccc6C5)nc4)c2cc1OC)C(=O)OC3. The Labute approximate surface area is 203 Å². The summed E-state index contributed by atoms with van der Waals surface area (Å²) in [4.78, 5) is 17.4. The van der Waals surface area contributed by atoms with Crippen molar-refractivity contribution in [3.63, 3.8) is 0 Å². The van der Waals surface area contributed by atoms with Crippen molar-refractivity contribution in [1.29, 1.82) is 0 Å². The van der Waals surface area contributed by atoms with Gasteiger partial charge in [0.25, 0.3) is 0 Å². The molecule has 6 rings (SSSR count). The fourth-order valence-corrected chi connectivity index (χ4v) is 5.34. The molecule has 35 heavy (non-hydrogen) atoms. The highest BCUT2D eigenvalue weighted by atomic mass is 16.5. The summed E-state index contributed by atoms with van der Waals surface area (Å²) in [6.07, 6.45) is 4.01. The number of hydrogen-bond acceptors (Lipinski definition) is 6. The van der Waals surface area contributed by atoms with E-state index in [0.717, 1.165) is 52.7 Å². The average molecular weight is 467 g/mol. The lowest BCUT2D eigenvalue weighted by atomic mass is 9.91. The Balaban J connectivity index is 1.32. The number of esters is 1. The zero-order valence-electron chi connectivity index (χ0n) is 19.8. The second-order valence-corrected chi connectivity index (χ2v) is 9.15. The van der Waals surface area contributed by atoms with Crippen molar-refractivity contribution < 1.29 is 19.0 Å². The van der Waals surface area contributed by atoms with Crippen molar-refractivity contribution in [3.8, 4) is 22.6 Å². The lowest BCUT2D eigenvalue weighted by molar-refractivity contribution is 0.0535. The Bertz CT molecular complexity index is 1420. The van der Waals surface area contributed by atoms with E-state index in [1.807, 2.05) is 36.5 Å². The summed E-state index contributed by atoms with van der Waals surface area (Å²) in [6.45, 7) is 1.14. The summed E-state index contributed by atoms with van der Waals surface area (Å²) in [5.41, 5.74) is 6.03. The van der Waals surface area contributed by atoms with Gasteiger partial charge in [-0.05, 0) is 71.0 Å². The maximum atomic E-state index is 12.7. The lowest BCUT2D eigenvalue weighted by Gasteiger charge is -2.15. The van der Waals surface area contributed by atoms with Crippen molar-refractivity contribution in [2.45, 2.75) is 19.4 Å². The van der Waals surface area contributed by atoms with E-state index in [2.05, 4.69) is 34.6 Å². The van der Waals surface area contributed by atoms with Crippen LogP contribution in [0.5, 0.6) is 11.5 Å². The van der Waals surface area contributed by atoms with Crippen molar-refractivity contribution in [2.24, 2.45) is 5.92 Å². The van der Waals surface area contributed by atoms with Gasteiger partial charge < -0.3 is 19.5 Å². The molecule has 6 nitrogen and oxygen atoms in total. The summed E-state index contributed by atoms with van der Waals surface area (Å²) in [5, 5.41) is 5.34. The fourth-order valence-electron chi connectivity index (χ4n) is 5.34. The molecule has 1 aliphatic heterocycles. The van der Waals surface area contributed by atoms with E-state index >= 15 is 0 Å². The maximum Gasteiger partial charge on any atom is 0.339 e. The number of hydrogen-bond donors (Lipinski definition) is 1. The van der Waals surface area contributed by atoms with Crippen LogP contribution in [0.4, 0.5) is 5.82 Å². The first-order valence-electron chi connectivity index (χ1n) is 11.8. The second-order valence-electron chi connectivity index (χ2n) is 9.15. The molecule has 0 fully saturated rings. The molecule has 3 aromatic carbocycles. The monoisotopic (exact) mass is 466 g/mol. The number of rotatable bonds is 6. The third-order valence-corrected chi connectivity index (χ3v) is 7.05. The van der Waals surface area contributed by atoms with Crippen LogP contribution in [-0.4, -0.2) is 31.7 Å². The van der Waals surface area contributed by atoms with Gasteiger partial charge in [-0.15, -0.1) is 0 Å². The number of benzene rings is 3. The third kappa shape index (κ3) is 3.75. The van der Waals surface area contributed by atoms with Crippen molar-refractivity contribution in [1.82, 2.24) is 4.98 Å². The minimum atomic E-state index is -0.310. The van der Waals surface area contributed by atoms with Crippen LogP contribution in [0.3, 0.4) is 0 Å². The van der Waals surface area contributed by atoms with Crippen molar-refractivity contribution in [3.05, 3.63) is 83.0 Å². The van der Waals surface area contributed by atoms with Crippen LogP contribution in [0.25, 0.3) is 21.9 Å². The van der Waals surface area contributed by atoms with Crippen LogP contribution >= 0.6 is 0 Å². The van der Waals surface area contributed by atoms with Crippen molar-refractivity contribution in [2.75, 3.05) is 26.1 Å².